The number of rotatable bonds is 5. The van der Waals surface area contributed by atoms with Crippen LogP contribution in [0.1, 0.15) is 45.4 Å². The molecule has 2 saturated heterocycles. The van der Waals surface area contributed by atoms with Crippen molar-refractivity contribution in [3.05, 3.63) is 0 Å². The Morgan fingerprint density at radius 3 is 2.38 bits per heavy atom. The molecule has 2 amide bonds. The van der Waals surface area contributed by atoms with E-state index in [1.54, 1.807) is 0 Å². The Kier molecular flexibility index (Phi) is 6.49. The van der Waals surface area contributed by atoms with Crippen molar-refractivity contribution in [3.63, 3.8) is 0 Å². The van der Waals surface area contributed by atoms with Gasteiger partial charge in [-0.1, -0.05) is 13.3 Å². The molecule has 0 aromatic carbocycles. The van der Waals surface area contributed by atoms with Crippen molar-refractivity contribution in [2.45, 2.75) is 45.4 Å². The first-order valence-electron chi connectivity index (χ1n) is 8.49. The normalized spacial score (nSPS) is 21.3. The Bertz CT molecular complexity index is 345. The van der Waals surface area contributed by atoms with Crippen LogP contribution in [0, 0.1) is 11.8 Å². The number of nitrogens with zero attached hydrogens (tertiary/aromatic N) is 1. The van der Waals surface area contributed by atoms with Crippen molar-refractivity contribution < 1.29 is 9.59 Å². The quantitative estimate of drug-likeness (QED) is 0.748. The number of carbonyl (C=O) groups is 2. The summed E-state index contributed by atoms with van der Waals surface area (Å²) in [6.07, 6.45) is 5.68. The average Bonchev–Trinajstić information content (AvgIpc) is 2.55. The van der Waals surface area contributed by atoms with Crippen LogP contribution >= 0.6 is 0 Å². The van der Waals surface area contributed by atoms with Gasteiger partial charge in [0.25, 0.3) is 0 Å². The van der Waals surface area contributed by atoms with E-state index in [4.69, 9.17) is 0 Å². The van der Waals surface area contributed by atoms with Crippen molar-refractivity contribution in [2.24, 2.45) is 11.8 Å². The second kappa shape index (κ2) is 8.37. The van der Waals surface area contributed by atoms with Crippen LogP contribution in [0.25, 0.3) is 0 Å². The van der Waals surface area contributed by atoms with E-state index in [1.807, 2.05) is 4.90 Å². The maximum absolute atomic E-state index is 12.4. The van der Waals surface area contributed by atoms with Gasteiger partial charge in [-0.15, -0.1) is 0 Å². The zero-order valence-corrected chi connectivity index (χ0v) is 13.2. The third kappa shape index (κ3) is 4.70. The molecule has 0 atom stereocenters. The summed E-state index contributed by atoms with van der Waals surface area (Å²) in [6.45, 7) is 6.29. The van der Waals surface area contributed by atoms with Gasteiger partial charge in [-0.25, -0.2) is 0 Å². The average molecular weight is 295 g/mol. The third-order valence-corrected chi connectivity index (χ3v) is 4.70. The van der Waals surface area contributed by atoms with Crippen LogP contribution < -0.4 is 10.6 Å². The van der Waals surface area contributed by atoms with Gasteiger partial charge in [0.05, 0.1) is 0 Å². The SMILES string of the molecule is CCCCNC(=O)C1CCN(C(=O)C2CCNCC2)CC1. The number of amides is 2. The van der Waals surface area contributed by atoms with E-state index in [0.717, 1.165) is 71.2 Å². The second-order valence-electron chi connectivity index (χ2n) is 6.27. The first-order chi connectivity index (χ1) is 10.2. The molecule has 21 heavy (non-hydrogen) atoms. The number of likely N-dealkylation sites (tertiary alicyclic amines) is 1. The lowest BCUT2D eigenvalue weighted by Crippen LogP contribution is -2.46. The first-order valence-corrected chi connectivity index (χ1v) is 8.49. The van der Waals surface area contributed by atoms with Gasteiger partial charge in [0.1, 0.15) is 0 Å². The minimum Gasteiger partial charge on any atom is -0.356 e. The second-order valence-corrected chi connectivity index (χ2v) is 6.27. The van der Waals surface area contributed by atoms with Crippen molar-refractivity contribution in [1.29, 1.82) is 0 Å². The lowest BCUT2D eigenvalue weighted by atomic mass is 9.92. The lowest BCUT2D eigenvalue weighted by Gasteiger charge is -2.34. The summed E-state index contributed by atoms with van der Waals surface area (Å²) in [5, 5.41) is 6.31. The monoisotopic (exact) mass is 295 g/mol. The van der Waals surface area contributed by atoms with Crippen molar-refractivity contribution >= 4 is 11.8 Å². The minimum atomic E-state index is 0.0962. The molecule has 2 aliphatic rings. The Morgan fingerprint density at radius 2 is 1.76 bits per heavy atom. The van der Waals surface area contributed by atoms with E-state index in [2.05, 4.69) is 17.6 Å². The lowest BCUT2D eigenvalue weighted by molar-refractivity contribution is -0.139. The topological polar surface area (TPSA) is 61.4 Å². The highest BCUT2D eigenvalue weighted by molar-refractivity contribution is 5.81. The molecule has 5 heteroatoms. The maximum Gasteiger partial charge on any atom is 0.225 e. The molecule has 2 N–H and O–H groups in total. The van der Waals surface area contributed by atoms with E-state index in [0.29, 0.717) is 5.91 Å². The van der Waals surface area contributed by atoms with Gasteiger partial charge in [-0.3, -0.25) is 9.59 Å². The summed E-state index contributed by atoms with van der Waals surface area (Å²) in [6, 6.07) is 0. The fourth-order valence-electron chi connectivity index (χ4n) is 3.22. The van der Waals surface area contributed by atoms with Gasteiger partial charge in [-0.2, -0.15) is 0 Å². The summed E-state index contributed by atoms with van der Waals surface area (Å²) in [5.74, 6) is 0.777. The van der Waals surface area contributed by atoms with E-state index in [1.165, 1.54) is 0 Å². The predicted octanol–water partition coefficient (Wildman–Crippen LogP) is 1.14. The Balaban J connectivity index is 1.72. The molecular formula is C16H29N3O2. The number of hydrogen-bond donors (Lipinski definition) is 2. The molecule has 2 fully saturated rings. The number of piperidine rings is 2. The van der Waals surface area contributed by atoms with Crippen LogP contribution in [0.5, 0.6) is 0 Å². The van der Waals surface area contributed by atoms with Crippen molar-refractivity contribution in [3.8, 4) is 0 Å². The smallest absolute Gasteiger partial charge is 0.225 e. The van der Waals surface area contributed by atoms with Gasteiger partial charge in [0.2, 0.25) is 11.8 Å². The highest BCUT2D eigenvalue weighted by atomic mass is 16.2. The van der Waals surface area contributed by atoms with E-state index >= 15 is 0 Å². The molecule has 0 aliphatic carbocycles. The molecule has 0 saturated carbocycles. The van der Waals surface area contributed by atoms with Crippen LogP contribution in [-0.4, -0.2) is 49.4 Å². The van der Waals surface area contributed by atoms with Crippen molar-refractivity contribution in [1.82, 2.24) is 15.5 Å². The van der Waals surface area contributed by atoms with Gasteiger partial charge < -0.3 is 15.5 Å². The zero-order chi connectivity index (χ0) is 15.1. The number of carbonyl (C=O) groups excluding carboxylic acids is 2. The molecule has 2 aliphatic heterocycles. The summed E-state index contributed by atoms with van der Waals surface area (Å²) in [4.78, 5) is 26.4. The van der Waals surface area contributed by atoms with Crippen LogP contribution in [0.3, 0.4) is 0 Å². The van der Waals surface area contributed by atoms with Gasteiger partial charge >= 0.3 is 0 Å². The Labute approximate surface area is 127 Å². The van der Waals surface area contributed by atoms with Crippen LogP contribution in [0.4, 0.5) is 0 Å². The highest BCUT2D eigenvalue weighted by Crippen LogP contribution is 2.22. The first kappa shape index (κ1) is 16.3. The number of hydrogen-bond acceptors (Lipinski definition) is 3. The van der Waals surface area contributed by atoms with E-state index in [-0.39, 0.29) is 17.7 Å². The molecule has 120 valence electrons. The van der Waals surface area contributed by atoms with Gasteiger partial charge in [0, 0.05) is 31.5 Å². The largest absolute Gasteiger partial charge is 0.356 e. The molecule has 5 nitrogen and oxygen atoms in total. The molecule has 0 radical (unpaired) electrons. The summed E-state index contributed by atoms with van der Waals surface area (Å²) < 4.78 is 0. The fraction of sp³-hybridized carbons (Fsp3) is 0.875. The molecule has 2 rings (SSSR count). The minimum absolute atomic E-state index is 0.0962. The van der Waals surface area contributed by atoms with Gasteiger partial charge in [0.15, 0.2) is 0 Å². The van der Waals surface area contributed by atoms with Gasteiger partial charge in [-0.05, 0) is 45.2 Å². The summed E-state index contributed by atoms with van der Waals surface area (Å²) in [7, 11) is 0. The van der Waals surface area contributed by atoms with E-state index < -0.39 is 0 Å². The van der Waals surface area contributed by atoms with Crippen LogP contribution in [0.2, 0.25) is 0 Å². The molecule has 0 aromatic rings. The Hall–Kier alpha value is -1.10. The van der Waals surface area contributed by atoms with Crippen LogP contribution in [0.15, 0.2) is 0 Å². The summed E-state index contributed by atoms with van der Waals surface area (Å²) in [5.41, 5.74) is 0. The van der Waals surface area contributed by atoms with E-state index in [9.17, 15) is 9.59 Å². The highest BCUT2D eigenvalue weighted by Gasteiger charge is 2.31. The number of unbranched alkanes of at least 4 members (excludes halogenated alkanes) is 1. The predicted molar refractivity (Wildman–Crippen MR) is 82.8 cm³/mol. The third-order valence-electron chi connectivity index (χ3n) is 4.70. The molecule has 0 spiro atoms. The standard InChI is InChI=1S/C16H29N3O2/c1-2-3-8-18-15(20)13-6-11-19(12-7-13)16(21)14-4-9-17-10-5-14/h13-14,17H,2-12H2,1H3,(H,18,20). The molecular weight excluding hydrogens is 266 g/mol. The maximum atomic E-state index is 12.4. The van der Waals surface area contributed by atoms with Crippen molar-refractivity contribution in [2.75, 3.05) is 32.7 Å². The zero-order valence-electron chi connectivity index (χ0n) is 13.2. The molecule has 0 unspecified atom stereocenters. The number of nitrogens with one attached hydrogen (secondary N) is 2. The fourth-order valence-corrected chi connectivity index (χ4v) is 3.22. The van der Waals surface area contributed by atoms with Crippen LogP contribution in [-0.2, 0) is 9.59 Å². The summed E-state index contributed by atoms with van der Waals surface area (Å²) >= 11 is 0. The molecule has 2 heterocycles. The Morgan fingerprint density at radius 1 is 1.10 bits per heavy atom. The molecule has 0 bridgehead atoms. The molecule has 0 aromatic heterocycles.